The number of nitrogens with one attached hydrogen (secondary N) is 1. The van der Waals surface area contributed by atoms with Crippen molar-refractivity contribution in [1.29, 1.82) is 5.26 Å². The minimum absolute atomic E-state index is 0.0386. The second-order valence-corrected chi connectivity index (χ2v) is 5.39. The van der Waals surface area contributed by atoms with Crippen molar-refractivity contribution in [3.8, 4) is 17.6 Å². The average molecular weight is 320 g/mol. The summed E-state index contributed by atoms with van der Waals surface area (Å²) in [5.41, 5.74) is 1.72. The maximum absolute atomic E-state index is 12.3. The van der Waals surface area contributed by atoms with E-state index in [0.717, 1.165) is 5.56 Å². The van der Waals surface area contributed by atoms with Gasteiger partial charge in [-0.3, -0.25) is 4.79 Å². The quantitative estimate of drug-likeness (QED) is 0.693. The summed E-state index contributed by atoms with van der Waals surface area (Å²) in [6, 6.07) is 16.6. The minimum atomic E-state index is -0.411. The lowest BCUT2D eigenvalue weighted by atomic mass is 10.1. The third-order valence-electron chi connectivity index (χ3n) is 3.72. The highest BCUT2D eigenvalue weighted by Gasteiger charge is 2.16. The topological polar surface area (TPSA) is 71.4 Å². The van der Waals surface area contributed by atoms with Crippen molar-refractivity contribution < 1.29 is 14.3 Å². The molecule has 0 radical (unpaired) electrons. The van der Waals surface area contributed by atoms with Crippen LogP contribution in [0.2, 0.25) is 0 Å². The van der Waals surface area contributed by atoms with Crippen LogP contribution in [0.5, 0.6) is 11.5 Å². The van der Waals surface area contributed by atoms with E-state index in [9.17, 15) is 10.1 Å². The van der Waals surface area contributed by atoms with Gasteiger partial charge in [-0.25, -0.2) is 0 Å². The van der Waals surface area contributed by atoms with Gasteiger partial charge in [0.05, 0.1) is 6.04 Å². The van der Waals surface area contributed by atoms with Gasteiger partial charge in [0.15, 0.2) is 11.5 Å². The van der Waals surface area contributed by atoms with E-state index >= 15 is 0 Å². The first-order chi connectivity index (χ1) is 11.7. The Morgan fingerprint density at radius 3 is 2.71 bits per heavy atom. The molecular formula is C19H16N2O3. The lowest BCUT2D eigenvalue weighted by molar-refractivity contribution is -0.117. The van der Waals surface area contributed by atoms with Crippen LogP contribution < -0.4 is 14.8 Å². The fourth-order valence-corrected chi connectivity index (χ4v) is 2.42. The molecule has 3 rings (SSSR count). The zero-order chi connectivity index (χ0) is 16.9. The van der Waals surface area contributed by atoms with Gasteiger partial charge >= 0.3 is 0 Å². The summed E-state index contributed by atoms with van der Waals surface area (Å²) in [4.78, 5) is 12.3. The van der Waals surface area contributed by atoms with Crippen LogP contribution in [0.1, 0.15) is 24.1 Å². The Kier molecular flexibility index (Phi) is 4.48. The lowest BCUT2D eigenvalue weighted by Gasteiger charge is -2.13. The van der Waals surface area contributed by atoms with Crippen molar-refractivity contribution in [2.75, 3.05) is 6.79 Å². The molecule has 1 N–H and O–H groups in total. The van der Waals surface area contributed by atoms with Crippen LogP contribution in [-0.2, 0) is 4.79 Å². The molecule has 0 saturated carbocycles. The van der Waals surface area contributed by atoms with Crippen LogP contribution in [0.25, 0.3) is 6.08 Å². The predicted molar refractivity (Wildman–Crippen MR) is 89.2 cm³/mol. The van der Waals surface area contributed by atoms with Crippen molar-refractivity contribution in [2.45, 2.75) is 13.0 Å². The minimum Gasteiger partial charge on any atom is -0.454 e. The summed E-state index contributed by atoms with van der Waals surface area (Å²) in [6.07, 6.45) is 1.54. The molecule has 120 valence electrons. The maximum Gasteiger partial charge on any atom is 0.262 e. The van der Waals surface area contributed by atoms with E-state index in [4.69, 9.17) is 9.47 Å². The maximum atomic E-state index is 12.3. The van der Waals surface area contributed by atoms with E-state index in [0.29, 0.717) is 17.1 Å². The molecule has 1 heterocycles. The van der Waals surface area contributed by atoms with E-state index in [1.807, 2.05) is 43.3 Å². The van der Waals surface area contributed by atoms with Crippen LogP contribution in [0.3, 0.4) is 0 Å². The van der Waals surface area contributed by atoms with Crippen LogP contribution >= 0.6 is 0 Å². The molecule has 2 aromatic rings. The van der Waals surface area contributed by atoms with E-state index in [-0.39, 0.29) is 18.4 Å². The number of carbonyl (C=O) groups is 1. The van der Waals surface area contributed by atoms with Gasteiger partial charge in [-0.2, -0.15) is 5.26 Å². The van der Waals surface area contributed by atoms with Crippen molar-refractivity contribution >= 4 is 12.0 Å². The standard InChI is InChI=1S/C19H16N2O3/c1-13(15-5-3-2-4-6-15)21-19(22)16(11-20)9-14-7-8-17-18(10-14)24-12-23-17/h2-10,13H,12H2,1H3,(H,21,22). The number of carbonyl (C=O) groups excluding carboxylic acids is 1. The Balaban J connectivity index is 1.76. The Bertz CT molecular complexity index is 822. The van der Waals surface area contributed by atoms with Crippen LogP contribution in [0, 0.1) is 11.3 Å². The number of nitriles is 1. The Hall–Kier alpha value is -3.26. The molecule has 24 heavy (non-hydrogen) atoms. The third kappa shape index (κ3) is 3.39. The summed E-state index contributed by atoms with van der Waals surface area (Å²) >= 11 is 0. The monoisotopic (exact) mass is 320 g/mol. The van der Waals surface area contributed by atoms with Gasteiger partial charge in [-0.15, -0.1) is 0 Å². The summed E-state index contributed by atoms with van der Waals surface area (Å²) in [5, 5.41) is 12.1. The van der Waals surface area contributed by atoms with E-state index in [2.05, 4.69) is 5.32 Å². The van der Waals surface area contributed by atoms with Gasteiger partial charge in [0, 0.05) is 0 Å². The van der Waals surface area contributed by atoms with Crippen molar-refractivity contribution in [2.24, 2.45) is 0 Å². The summed E-state index contributed by atoms with van der Waals surface area (Å²) in [5.74, 6) is 0.860. The summed E-state index contributed by atoms with van der Waals surface area (Å²) < 4.78 is 10.5. The van der Waals surface area contributed by atoms with Crippen molar-refractivity contribution in [3.05, 3.63) is 65.2 Å². The van der Waals surface area contributed by atoms with Crippen molar-refractivity contribution in [3.63, 3.8) is 0 Å². The molecule has 0 aromatic heterocycles. The molecule has 1 amide bonds. The van der Waals surface area contributed by atoms with Crippen LogP contribution in [0.15, 0.2) is 54.1 Å². The largest absolute Gasteiger partial charge is 0.454 e. The summed E-state index contributed by atoms with van der Waals surface area (Å²) in [6.45, 7) is 2.06. The third-order valence-corrected chi connectivity index (χ3v) is 3.72. The zero-order valence-electron chi connectivity index (χ0n) is 13.2. The fraction of sp³-hybridized carbons (Fsp3) is 0.158. The number of amides is 1. The van der Waals surface area contributed by atoms with E-state index in [1.165, 1.54) is 6.08 Å². The number of hydrogen-bond donors (Lipinski definition) is 1. The Morgan fingerprint density at radius 2 is 1.96 bits per heavy atom. The molecule has 5 heteroatoms. The first-order valence-corrected chi connectivity index (χ1v) is 7.54. The number of rotatable bonds is 4. The SMILES string of the molecule is CC(NC(=O)C(C#N)=Cc1ccc2c(c1)OCO2)c1ccccc1. The second-order valence-electron chi connectivity index (χ2n) is 5.39. The first-order valence-electron chi connectivity index (χ1n) is 7.54. The average Bonchev–Trinajstić information content (AvgIpc) is 3.08. The number of hydrogen-bond acceptors (Lipinski definition) is 4. The normalized spacial score (nSPS) is 13.9. The molecule has 1 aliphatic rings. The molecule has 1 atom stereocenters. The lowest BCUT2D eigenvalue weighted by Crippen LogP contribution is -2.27. The summed E-state index contributed by atoms with van der Waals surface area (Å²) in [7, 11) is 0. The first kappa shape index (κ1) is 15.6. The highest BCUT2D eigenvalue weighted by atomic mass is 16.7. The molecule has 2 aromatic carbocycles. The highest BCUT2D eigenvalue weighted by Crippen LogP contribution is 2.33. The molecule has 5 nitrogen and oxygen atoms in total. The van der Waals surface area contributed by atoms with Gasteiger partial charge in [0.1, 0.15) is 11.6 Å². The van der Waals surface area contributed by atoms with Crippen LogP contribution in [-0.4, -0.2) is 12.7 Å². The van der Waals surface area contributed by atoms with E-state index < -0.39 is 5.91 Å². The number of benzene rings is 2. The predicted octanol–water partition coefficient (Wildman–Crippen LogP) is 3.20. The molecule has 1 aliphatic heterocycles. The van der Waals surface area contributed by atoms with Gasteiger partial charge in [-0.05, 0) is 36.3 Å². The molecule has 1 unspecified atom stereocenters. The highest BCUT2D eigenvalue weighted by molar-refractivity contribution is 6.01. The smallest absolute Gasteiger partial charge is 0.262 e. The molecule has 0 saturated heterocycles. The molecular weight excluding hydrogens is 304 g/mol. The fourth-order valence-electron chi connectivity index (χ4n) is 2.42. The van der Waals surface area contributed by atoms with E-state index in [1.54, 1.807) is 18.2 Å². The number of ether oxygens (including phenoxy) is 2. The molecule has 0 bridgehead atoms. The second kappa shape index (κ2) is 6.88. The van der Waals surface area contributed by atoms with Gasteiger partial charge < -0.3 is 14.8 Å². The molecule has 0 spiro atoms. The molecule has 0 aliphatic carbocycles. The zero-order valence-corrected chi connectivity index (χ0v) is 13.2. The molecule has 0 fully saturated rings. The number of fused-ring (bicyclic) bond motifs is 1. The number of nitrogens with zero attached hydrogens (tertiary/aromatic N) is 1. The van der Waals surface area contributed by atoms with Crippen molar-refractivity contribution in [1.82, 2.24) is 5.32 Å². The Morgan fingerprint density at radius 1 is 1.21 bits per heavy atom. The van der Waals surface area contributed by atoms with Crippen LogP contribution in [0.4, 0.5) is 0 Å². The Labute approximate surface area is 140 Å². The van der Waals surface area contributed by atoms with Gasteiger partial charge in [0.2, 0.25) is 6.79 Å². The van der Waals surface area contributed by atoms with Gasteiger partial charge in [-0.1, -0.05) is 36.4 Å². The van der Waals surface area contributed by atoms with Gasteiger partial charge in [0.25, 0.3) is 5.91 Å².